The average molecular weight is 444 g/mol. The number of carbonyl (C=O) groups excluding carboxylic acids is 2. The van der Waals surface area contributed by atoms with Crippen molar-refractivity contribution in [3.05, 3.63) is 40.9 Å². The van der Waals surface area contributed by atoms with E-state index >= 15 is 0 Å². The molecule has 0 bridgehead atoms. The summed E-state index contributed by atoms with van der Waals surface area (Å²) < 4.78 is 7.10. The van der Waals surface area contributed by atoms with Crippen LogP contribution in [0.1, 0.15) is 43.1 Å². The van der Waals surface area contributed by atoms with Crippen LogP contribution in [0.2, 0.25) is 0 Å². The van der Waals surface area contributed by atoms with Gasteiger partial charge in [-0.2, -0.15) is 5.10 Å². The summed E-state index contributed by atoms with van der Waals surface area (Å²) in [5.41, 5.74) is 1.55. The minimum Gasteiger partial charge on any atom is -0.497 e. The molecule has 3 amide bonds. The number of aryl methyl sites for hydroxylation is 1. The second-order valence-electron chi connectivity index (χ2n) is 8.13. The molecule has 2 aromatic heterocycles. The highest BCUT2D eigenvalue weighted by Gasteiger charge is 2.18. The molecule has 0 saturated heterocycles. The number of methoxy groups -OCH3 is 1. The Balaban J connectivity index is 1.69. The lowest BCUT2D eigenvalue weighted by Crippen LogP contribution is -2.48. The van der Waals surface area contributed by atoms with Crippen LogP contribution in [0, 0.1) is 0 Å². The number of hydrogen-bond donors (Lipinski definition) is 3. The number of aromatic nitrogens is 2. The van der Waals surface area contributed by atoms with Gasteiger partial charge in [0.1, 0.15) is 10.6 Å². The second-order valence-corrected chi connectivity index (χ2v) is 9.16. The standard InChI is InChI=1S/C22H29N5O3S/c1-6-17-16-13-18(19(28)23-11-12-24-21(29)25-22(2,3)4)31-20(16)27(26-17)14-7-9-15(30-5)10-8-14/h7-10,13H,6,11-12H2,1-5H3,(H,23,28)(H2,24,25,29). The van der Waals surface area contributed by atoms with Crippen molar-refractivity contribution in [3.8, 4) is 11.4 Å². The van der Waals surface area contributed by atoms with E-state index in [-0.39, 0.29) is 17.5 Å². The van der Waals surface area contributed by atoms with Gasteiger partial charge in [-0.25, -0.2) is 9.48 Å². The summed E-state index contributed by atoms with van der Waals surface area (Å²) in [5.74, 6) is 0.612. The van der Waals surface area contributed by atoms with Crippen molar-refractivity contribution < 1.29 is 14.3 Å². The molecule has 0 aliphatic rings. The number of thiophene rings is 1. The molecular formula is C22H29N5O3S. The monoisotopic (exact) mass is 443 g/mol. The van der Waals surface area contributed by atoms with Crippen LogP contribution in [0.5, 0.6) is 5.75 Å². The number of hydrogen-bond acceptors (Lipinski definition) is 5. The molecule has 8 nitrogen and oxygen atoms in total. The molecule has 3 rings (SSSR count). The summed E-state index contributed by atoms with van der Waals surface area (Å²) >= 11 is 1.40. The van der Waals surface area contributed by atoms with Gasteiger partial charge in [-0.05, 0) is 57.5 Å². The Morgan fingerprint density at radius 1 is 1.13 bits per heavy atom. The number of ether oxygens (including phenoxy) is 1. The first-order chi connectivity index (χ1) is 14.7. The number of benzene rings is 1. The molecule has 0 aliphatic heterocycles. The van der Waals surface area contributed by atoms with Gasteiger partial charge in [-0.3, -0.25) is 4.79 Å². The van der Waals surface area contributed by atoms with Crippen molar-refractivity contribution in [3.63, 3.8) is 0 Å². The summed E-state index contributed by atoms with van der Waals surface area (Å²) in [7, 11) is 1.63. The fourth-order valence-electron chi connectivity index (χ4n) is 3.06. The topological polar surface area (TPSA) is 97.3 Å². The SMILES string of the molecule is CCc1nn(-c2ccc(OC)cc2)c2sc(C(=O)NCCNC(=O)NC(C)(C)C)cc12. The minimum atomic E-state index is -0.306. The molecule has 0 fully saturated rings. The molecule has 2 heterocycles. The minimum absolute atomic E-state index is 0.164. The molecule has 3 N–H and O–H groups in total. The van der Waals surface area contributed by atoms with E-state index in [0.717, 1.165) is 33.8 Å². The summed E-state index contributed by atoms with van der Waals surface area (Å²) in [6.07, 6.45) is 0.768. The van der Waals surface area contributed by atoms with Crippen LogP contribution in [0.4, 0.5) is 4.79 Å². The molecule has 9 heteroatoms. The van der Waals surface area contributed by atoms with E-state index in [2.05, 4.69) is 16.0 Å². The van der Waals surface area contributed by atoms with Gasteiger partial charge >= 0.3 is 6.03 Å². The molecule has 166 valence electrons. The number of carbonyl (C=O) groups is 2. The Bertz CT molecular complexity index is 1060. The fraction of sp³-hybridized carbons (Fsp3) is 0.409. The normalized spacial score (nSPS) is 11.4. The van der Waals surface area contributed by atoms with Crippen LogP contribution in [-0.4, -0.2) is 47.5 Å². The lowest BCUT2D eigenvalue weighted by molar-refractivity contribution is 0.0958. The summed E-state index contributed by atoms with van der Waals surface area (Å²) in [4.78, 5) is 26.0. The average Bonchev–Trinajstić information content (AvgIpc) is 3.29. The van der Waals surface area contributed by atoms with Gasteiger partial charge in [0, 0.05) is 24.0 Å². The number of urea groups is 1. The smallest absolute Gasteiger partial charge is 0.315 e. The third-order valence-electron chi connectivity index (χ3n) is 4.50. The molecule has 0 unspecified atom stereocenters. The number of nitrogens with zero attached hydrogens (tertiary/aromatic N) is 2. The molecule has 0 saturated carbocycles. The van der Waals surface area contributed by atoms with E-state index in [0.29, 0.717) is 18.0 Å². The van der Waals surface area contributed by atoms with E-state index in [1.807, 2.05) is 62.7 Å². The third kappa shape index (κ3) is 5.55. The maximum absolute atomic E-state index is 12.6. The molecule has 0 spiro atoms. The first kappa shape index (κ1) is 22.6. The van der Waals surface area contributed by atoms with E-state index in [4.69, 9.17) is 9.84 Å². The summed E-state index contributed by atoms with van der Waals surface area (Å²) in [6, 6.07) is 9.30. The van der Waals surface area contributed by atoms with E-state index in [1.165, 1.54) is 11.3 Å². The van der Waals surface area contributed by atoms with Crippen molar-refractivity contribution in [2.45, 2.75) is 39.7 Å². The summed E-state index contributed by atoms with van der Waals surface area (Å²) in [5, 5.41) is 14.1. The maximum Gasteiger partial charge on any atom is 0.315 e. The number of rotatable bonds is 7. The van der Waals surface area contributed by atoms with Crippen LogP contribution in [0.3, 0.4) is 0 Å². The Labute approximate surface area is 186 Å². The molecule has 0 aliphatic carbocycles. The third-order valence-corrected chi connectivity index (χ3v) is 5.61. The predicted octanol–water partition coefficient (Wildman–Crippen LogP) is 3.49. The first-order valence-corrected chi connectivity index (χ1v) is 11.0. The number of fused-ring (bicyclic) bond motifs is 1. The number of nitrogens with one attached hydrogen (secondary N) is 3. The highest BCUT2D eigenvalue weighted by atomic mass is 32.1. The van der Waals surface area contributed by atoms with Gasteiger partial charge in [0.05, 0.1) is 23.4 Å². The molecule has 3 aromatic rings. The van der Waals surface area contributed by atoms with Crippen molar-refractivity contribution in [2.24, 2.45) is 0 Å². The van der Waals surface area contributed by atoms with Crippen LogP contribution in [-0.2, 0) is 6.42 Å². The van der Waals surface area contributed by atoms with Crippen LogP contribution < -0.4 is 20.7 Å². The van der Waals surface area contributed by atoms with Gasteiger partial charge < -0.3 is 20.7 Å². The quantitative estimate of drug-likeness (QED) is 0.487. The maximum atomic E-state index is 12.6. The van der Waals surface area contributed by atoms with Gasteiger partial charge in [-0.1, -0.05) is 6.92 Å². The van der Waals surface area contributed by atoms with Gasteiger partial charge in [0.25, 0.3) is 5.91 Å². The Kier molecular flexibility index (Phi) is 6.84. The zero-order chi connectivity index (χ0) is 22.6. The van der Waals surface area contributed by atoms with Crippen LogP contribution in [0.15, 0.2) is 30.3 Å². The highest BCUT2D eigenvalue weighted by Crippen LogP contribution is 2.31. The Hall–Kier alpha value is -3.07. The van der Waals surface area contributed by atoms with Crippen molar-refractivity contribution in [2.75, 3.05) is 20.2 Å². The first-order valence-electron chi connectivity index (χ1n) is 10.2. The predicted molar refractivity (Wildman–Crippen MR) is 123 cm³/mol. The second kappa shape index (κ2) is 9.38. The van der Waals surface area contributed by atoms with Crippen molar-refractivity contribution in [1.82, 2.24) is 25.7 Å². The zero-order valence-corrected chi connectivity index (χ0v) is 19.4. The molecule has 0 atom stereocenters. The zero-order valence-electron chi connectivity index (χ0n) is 18.5. The van der Waals surface area contributed by atoms with Gasteiger partial charge in [-0.15, -0.1) is 11.3 Å². The van der Waals surface area contributed by atoms with Crippen molar-refractivity contribution >= 4 is 33.5 Å². The molecular weight excluding hydrogens is 414 g/mol. The molecule has 0 radical (unpaired) electrons. The Morgan fingerprint density at radius 3 is 2.42 bits per heavy atom. The van der Waals surface area contributed by atoms with E-state index in [1.54, 1.807) is 7.11 Å². The summed E-state index contributed by atoms with van der Waals surface area (Å²) in [6.45, 7) is 8.47. The Morgan fingerprint density at radius 2 is 1.81 bits per heavy atom. The van der Waals surface area contributed by atoms with E-state index < -0.39 is 0 Å². The number of amides is 3. The lowest BCUT2D eigenvalue weighted by Gasteiger charge is -2.20. The van der Waals surface area contributed by atoms with Crippen LogP contribution >= 0.6 is 11.3 Å². The van der Waals surface area contributed by atoms with Crippen LogP contribution in [0.25, 0.3) is 15.9 Å². The van der Waals surface area contributed by atoms with E-state index in [9.17, 15) is 9.59 Å². The fourth-order valence-corrected chi connectivity index (χ4v) is 4.13. The molecule has 1 aromatic carbocycles. The lowest BCUT2D eigenvalue weighted by atomic mass is 10.1. The molecule has 31 heavy (non-hydrogen) atoms. The largest absolute Gasteiger partial charge is 0.497 e. The highest BCUT2D eigenvalue weighted by molar-refractivity contribution is 7.20. The van der Waals surface area contributed by atoms with Crippen molar-refractivity contribution in [1.29, 1.82) is 0 Å². The van der Waals surface area contributed by atoms with Gasteiger partial charge in [0.2, 0.25) is 0 Å². The van der Waals surface area contributed by atoms with Gasteiger partial charge in [0.15, 0.2) is 0 Å².